The first kappa shape index (κ1) is 21.8. The molecule has 8 heteroatoms. The normalized spacial score (nSPS) is 17.9. The summed E-state index contributed by atoms with van der Waals surface area (Å²) in [5.41, 5.74) is 3.56. The summed E-state index contributed by atoms with van der Waals surface area (Å²) in [7, 11) is 0. The first-order chi connectivity index (χ1) is 16.5. The lowest BCUT2D eigenvalue weighted by Gasteiger charge is -2.25. The summed E-state index contributed by atoms with van der Waals surface area (Å²) in [5, 5.41) is 5.82. The maximum Gasteiger partial charge on any atom is 0.257 e. The molecule has 3 aromatic heterocycles. The second kappa shape index (κ2) is 9.43. The molecular formula is C26H26N6O2. The summed E-state index contributed by atoms with van der Waals surface area (Å²) >= 11 is 0. The van der Waals surface area contributed by atoms with E-state index in [1.807, 2.05) is 24.3 Å². The van der Waals surface area contributed by atoms with E-state index in [1.165, 1.54) is 6.20 Å². The lowest BCUT2D eigenvalue weighted by molar-refractivity contribution is -0.121. The summed E-state index contributed by atoms with van der Waals surface area (Å²) in [6, 6.07) is 12.7. The number of aromatic amines is 1. The van der Waals surface area contributed by atoms with Crippen LogP contribution in [0.1, 0.15) is 43.0 Å². The highest BCUT2D eigenvalue weighted by molar-refractivity contribution is 6.04. The number of anilines is 2. The molecule has 5 rings (SSSR count). The first-order valence-electron chi connectivity index (χ1n) is 11.5. The van der Waals surface area contributed by atoms with Crippen molar-refractivity contribution in [3.63, 3.8) is 0 Å². The van der Waals surface area contributed by atoms with E-state index >= 15 is 0 Å². The van der Waals surface area contributed by atoms with Gasteiger partial charge in [0, 0.05) is 35.6 Å². The van der Waals surface area contributed by atoms with Gasteiger partial charge < -0.3 is 15.6 Å². The van der Waals surface area contributed by atoms with Crippen LogP contribution in [0.15, 0.2) is 61.1 Å². The average molecular weight is 455 g/mol. The van der Waals surface area contributed by atoms with Crippen LogP contribution in [0, 0.1) is 11.8 Å². The lowest BCUT2D eigenvalue weighted by atomic mass is 9.82. The number of fused-ring (bicyclic) bond motifs is 1. The number of rotatable bonds is 5. The molecule has 1 aliphatic carbocycles. The third-order valence-electron chi connectivity index (χ3n) is 6.35. The number of pyridine rings is 2. The van der Waals surface area contributed by atoms with Crippen molar-refractivity contribution in [1.82, 2.24) is 19.9 Å². The van der Waals surface area contributed by atoms with Crippen molar-refractivity contribution < 1.29 is 9.59 Å². The van der Waals surface area contributed by atoms with Crippen LogP contribution in [0.5, 0.6) is 0 Å². The van der Waals surface area contributed by atoms with Crippen molar-refractivity contribution in [3.05, 3.63) is 66.6 Å². The van der Waals surface area contributed by atoms with Gasteiger partial charge in [0.05, 0.1) is 22.8 Å². The molecule has 2 amide bonds. The van der Waals surface area contributed by atoms with Crippen LogP contribution in [0.25, 0.3) is 22.4 Å². The Kier molecular flexibility index (Phi) is 6.03. The zero-order chi connectivity index (χ0) is 23.5. The Hall–Kier alpha value is -4.07. The molecule has 8 nitrogen and oxygen atoms in total. The fraction of sp³-hybridized carbons (Fsp3) is 0.269. The molecular weight excluding hydrogens is 428 g/mol. The topological polar surface area (TPSA) is 113 Å². The van der Waals surface area contributed by atoms with Crippen LogP contribution >= 0.6 is 0 Å². The molecule has 4 aromatic rings. The number of hydrogen-bond donors (Lipinski definition) is 3. The van der Waals surface area contributed by atoms with Crippen LogP contribution in [0.3, 0.4) is 0 Å². The number of imidazole rings is 1. The smallest absolute Gasteiger partial charge is 0.257 e. The number of H-pyrrole nitrogens is 1. The number of amides is 2. The minimum Gasteiger partial charge on any atom is -0.337 e. The van der Waals surface area contributed by atoms with Crippen LogP contribution < -0.4 is 10.6 Å². The lowest BCUT2D eigenvalue weighted by Crippen LogP contribution is -2.26. The van der Waals surface area contributed by atoms with E-state index in [0.717, 1.165) is 42.3 Å². The third-order valence-corrected chi connectivity index (χ3v) is 6.35. The molecule has 1 saturated carbocycles. The second-order valence-corrected chi connectivity index (χ2v) is 8.89. The number of benzene rings is 1. The third kappa shape index (κ3) is 4.80. The maximum atomic E-state index is 12.6. The molecule has 3 N–H and O–H groups in total. The highest BCUT2D eigenvalue weighted by atomic mass is 16.2. The summed E-state index contributed by atoms with van der Waals surface area (Å²) in [4.78, 5) is 41.2. The highest BCUT2D eigenvalue weighted by Crippen LogP contribution is 2.29. The van der Waals surface area contributed by atoms with E-state index in [1.54, 1.807) is 30.6 Å². The number of nitrogens with zero attached hydrogens (tertiary/aromatic N) is 3. The van der Waals surface area contributed by atoms with E-state index in [4.69, 9.17) is 0 Å². The number of aromatic nitrogens is 4. The molecule has 1 aliphatic rings. The number of nitrogens with one attached hydrogen (secondary N) is 3. The van der Waals surface area contributed by atoms with E-state index in [0.29, 0.717) is 28.8 Å². The molecule has 3 heterocycles. The molecule has 172 valence electrons. The van der Waals surface area contributed by atoms with Crippen molar-refractivity contribution in [2.24, 2.45) is 11.8 Å². The number of carbonyl (C=O) groups excluding carboxylic acids is 2. The predicted octanol–water partition coefficient (Wildman–Crippen LogP) is 5.04. The van der Waals surface area contributed by atoms with Crippen LogP contribution in [0.2, 0.25) is 0 Å². The molecule has 0 bridgehead atoms. The monoisotopic (exact) mass is 454 g/mol. The molecule has 0 radical (unpaired) electrons. The van der Waals surface area contributed by atoms with Crippen molar-refractivity contribution in [2.75, 3.05) is 10.6 Å². The molecule has 0 aliphatic heterocycles. The number of carbonyl (C=O) groups is 2. The zero-order valence-electron chi connectivity index (χ0n) is 18.9. The van der Waals surface area contributed by atoms with Crippen molar-refractivity contribution in [1.29, 1.82) is 0 Å². The quantitative estimate of drug-likeness (QED) is 0.391. The van der Waals surface area contributed by atoms with E-state index < -0.39 is 0 Å². The molecule has 0 spiro atoms. The molecule has 1 aromatic carbocycles. The fourth-order valence-electron chi connectivity index (χ4n) is 4.28. The molecule has 0 atom stereocenters. The van der Waals surface area contributed by atoms with Gasteiger partial charge in [-0.15, -0.1) is 0 Å². The van der Waals surface area contributed by atoms with Gasteiger partial charge in [0.25, 0.3) is 5.91 Å². The van der Waals surface area contributed by atoms with Gasteiger partial charge in [-0.2, -0.15) is 0 Å². The molecule has 1 fully saturated rings. The zero-order valence-corrected chi connectivity index (χ0v) is 18.9. The minimum atomic E-state index is -0.215. The Morgan fingerprint density at radius 2 is 1.79 bits per heavy atom. The Morgan fingerprint density at radius 3 is 2.53 bits per heavy atom. The second-order valence-electron chi connectivity index (χ2n) is 8.89. The van der Waals surface area contributed by atoms with Crippen LogP contribution in [-0.2, 0) is 4.79 Å². The van der Waals surface area contributed by atoms with Gasteiger partial charge in [-0.3, -0.25) is 14.6 Å². The van der Waals surface area contributed by atoms with Gasteiger partial charge in [-0.25, -0.2) is 9.97 Å². The largest absolute Gasteiger partial charge is 0.337 e. The van der Waals surface area contributed by atoms with Gasteiger partial charge in [0.2, 0.25) is 5.91 Å². The molecule has 0 saturated heterocycles. The van der Waals surface area contributed by atoms with Crippen molar-refractivity contribution in [2.45, 2.75) is 32.6 Å². The van der Waals surface area contributed by atoms with Gasteiger partial charge in [-0.05, 0) is 68.0 Å². The van der Waals surface area contributed by atoms with Gasteiger partial charge >= 0.3 is 0 Å². The molecule has 34 heavy (non-hydrogen) atoms. The van der Waals surface area contributed by atoms with Crippen LogP contribution in [-0.4, -0.2) is 31.8 Å². The van der Waals surface area contributed by atoms with Gasteiger partial charge in [-0.1, -0.05) is 6.92 Å². The summed E-state index contributed by atoms with van der Waals surface area (Å²) in [6.45, 7) is 2.24. The Balaban J connectivity index is 1.27. The summed E-state index contributed by atoms with van der Waals surface area (Å²) in [5.74, 6) is 1.79. The SMILES string of the molecule is CC1CCC(C(=O)Nc2cc3nc(-c4ccc(NC(=O)c5cccnc5)cc4)[nH]c3cn2)CC1. The van der Waals surface area contributed by atoms with Gasteiger partial charge in [0.1, 0.15) is 11.6 Å². The van der Waals surface area contributed by atoms with E-state index in [-0.39, 0.29) is 17.7 Å². The van der Waals surface area contributed by atoms with Crippen molar-refractivity contribution >= 4 is 34.4 Å². The van der Waals surface area contributed by atoms with E-state index in [2.05, 4.69) is 37.5 Å². The maximum absolute atomic E-state index is 12.6. The van der Waals surface area contributed by atoms with Crippen molar-refractivity contribution in [3.8, 4) is 11.4 Å². The Labute approximate surface area is 197 Å². The predicted molar refractivity (Wildman–Crippen MR) is 131 cm³/mol. The summed E-state index contributed by atoms with van der Waals surface area (Å²) in [6.07, 6.45) is 8.90. The molecule has 0 unspecified atom stereocenters. The Morgan fingerprint density at radius 1 is 1.00 bits per heavy atom. The van der Waals surface area contributed by atoms with Gasteiger partial charge in [0.15, 0.2) is 0 Å². The summed E-state index contributed by atoms with van der Waals surface area (Å²) < 4.78 is 0. The fourth-order valence-corrected chi connectivity index (χ4v) is 4.28. The Bertz CT molecular complexity index is 1310. The standard InChI is InChI=1S/C26H26N6O2/c1-16-4-6-18(7-5-16)25(33)32-23-13-21-22(15-28-23)31-24(30-21)17-8-10-20(11-9-17)29-26(34)19-3-2-12-27-14-19/h2-3,8-16,18H,4-7H2,1H3,(H,29,34)(H,30,31)(H,28,32,33). The highest BCUT2D eigenvalue weighted by Gasteiger charge is 2.24. The first-order valence-corrected chi connectivity index (χ1v) is 11.5. The number of hydrogen-bond acceptors (Lipinski definition) is 5. The van der Waals surface area contributed by atoms with E-state index in [9.17, 15) is 9.59 Å². The van der Waals surface area contributed by atoms with Crippen LogP contribution in [0.4, 0.5) is 11.5 Å². The minimum absolute atomic E-state index is 0.0402. The average Bonchev–Trinajstić information content (AvgIpc) is 3.29.